The Hall–Kier alpha value is -2.06. The van der Waals surface area contributed by atoms with Gasteiger partial charge in [0.1, 0.15) is 17.4 Å². The Bertz CT molecular complexity index is 741. The van der Waals surface area contributed by atoms with Gasteiger partial charge in [-0.2, -0.15) is 5.26 Å². The van der Waals surface area contributed by atoms with Gasteiger partial charge in [0.2, 0.25) is 5.88 Å². The lowest BCUT2D eigenvalue weighted by Gasteiger charge is -2.32. The molecule has 0 unspecified atom stereocenters. The van der Waals surface area contributed by atoms with Crippen LogP contribution in [0.4, 0.5) is 0 Å². The second kappa shape index (κ2) is 5.62. The molecule has 0 saturated carbocycles. The van der Waals surface area contributed by atoms with Crippen molar-refractivity contribution < 1.29 is 9.53 Å². The van der Waals surface area contributed by atoms with Crippen molar-refractivity contribution in [1.82, 2.24) is 0 Å². The molecule has 1 aromatic rings. The van der Waals surface area contributed by atoms with E-state index in [0.717, 1.165) is 10.0 Å². The molecule has 0 fully saturated rings. The average Bonchev–Trinajstić information content (AvgIpc) is 2.46. The molecule has 5 heteroatoms. The lowest BCUT2D eigenvalue weighted by Crippen LogP contribution is -2.29. The first-order valence-corrected chi connectivity index (χ1v) is 7.89. The van der Waals surface area contributed by atoms with Crippen LogP contribution < -0.4 is 5.73 Å². The van der Waals surface area contributed by atoms with E-state index in [1.165, 1.54) is 0 Å². The SMILES string of the molecule is C[C@@H]1CC(=O)C2=C(C1)OC(N)=C(C#N)[C@@H]2c1ccc(Br)cc1. The van der Waals surface area contributed by atoms with Crippen LogP contribution in [0.15, 0.2) is 51.5 Å². The Morgan fingerprint density at radius 1 is 1.32 bits per heavy atom. The number of carbonyl (C=O) groups excluding carboxylic acids is 1. The molecule has 1 heterocycles. The standard InChI is InChI=1S/C17H15BrN2O2/c1-9-6-13(21)16-14(7-9)22-17(20)12(8-19)15(16)10-2-4-11(18)5-3-10/h2-5,9,15H,6-7,20H2,1H3/t9-,15+/m1/s1. The lowest BCUT2D eigenvalue weighted by atomic mass is 9.75. The van der Waals surface area contributed by atoms with E-state index < -0.39 is 5.92 Å². The third-order valence-electron chi connectivity index (χ3n) is 4.07. The summed E-state index contributed by atoms with van der Waals surface area (Å²) < 4.78 is 6.54. The highest BCUT2D eigenvalue weighted by Crippen LogP contribution is 2.44. The van der Waals surface area contributed by atoms with Gasteiger partial charge in [-0.25, -0.2) is 0 Å². The molecule has 0 aromatic heterocycles. The fourth-order valence-electron chi connectivity index (χ4n) is 3.08. The van der Waals surface area contributed by atoms with Gasteiger partial charge in [-0.3, -0.25) is 4.79 Å². The van der Waals surface area contributed by atoms with Crippen LogP contribution in [-0.2, 0) is 9.53 Å². The topological polar surface area (TPSA) is 76.1 Å². The minimum Gasteiger partial charge on any atom is -0.444 e. The highest BCUT2D eigenvalue weighted by atomic mass is 79.9. The summed E-state index contributed by atoms with van der Waals surface area (Å²) in [6.07, 6.45) is 1.15. The maximum absolute atomic E-state index is 12.5. The lowest BCUT2D eigenvalue weighted by molar-refractivity contribution is -0.117. The maximum Gasteiger partial charge on any atom is 0.205 e. The second-order valence-corrected chi connectivity index (χ2v) is 6.67. The van der Waals surface area contributed by atoms with Gasteiger partial charge in [-0.15, -0.1) is 0 Å². The second-order valence-electron chi connectivity index (χ2n) is 5.75. The van der Waals surface area contributed by atoms with E-state index in [9.17, 15) is 10.1 Å². The first-order chi connectivity index (χ1) is 10.5. The normalized spacial score (nSPS) is 24.7. The number of benzene rings is 1. The minimum atomic E-state index is -0.429. The van der Waals surface area contributed by atoms with E-state index in [-0.39, 0.29) is 17.6 Å². The van der Waals surface area contributed by atoms with Crippen molar-refractivity contribution >= 4 is 21.7 Å². The molecule has 0 amide bonds. The third-order valence-corrected chi connectivity index (χ3v) is 4.60. The molecule has 2 aliphatic rings. The Labute approximate surface area is 137 Å². The van der Waals surface area contributed by atoms with Crippen molar-refractivity contribution in [3.05, 3.63) is 57.1 Å². The maximum atomic E-state index is 12.5. The van der Waals surface area contributed by atoms with Gasteiger partial charge in [0.25, 0.3) is 0 Å². The predicted octanol–water partition coefficient (Wildman–Crippen LogP) is 3.51. The van der Waals surface area contributed by atoms with Crippen LogP contribution in [0.25, 0.3) is 0 Å². The quantitative estimate of drug-likeness (QED) is 0.833. The molecule has 0 saturated heterocycles. The summed E-state index contributed by atoms with van der Waals surface area (Å²) in [5.41, 5.74) is 7.70. The van der Waals surface area contributed by atoms with Crippen LogP contribution >= 0.6 is 15.9 Å². The first-order valence-electron chi connectivity index (χ1n) is 7.10. The van der Waals surface area contributed by atoms with Gasteiger partial charge in [0.15, 0.2) is 5.78 Å². The molecule has 1 aromatic carbocycles. The number of carbonyl (C=O) groups is 1. The fourth-order valence-corrected chi connectivity index (χ4v) is 3.35. The molecule has 1 aliphatic heterocycles. The molecule has 112 valence electrons. The number of ether oxygens (including phenoxy) is 1. The summed E-state index contributed by atoms with van der Waals surface area (Å²) in [4.78, 5) is 12.5. The smallest absolute Gasteiger partial charge is 0.205 e. The number of rotatable bonds is 1. The van der Waals surface area contributed by atoms with Crippen LogP contribution in [-0.4, -0.2) is 5.78 Å². The summed E-state index contributed by atoms with van der Waals surface area (Å²) in [5.74, 6) is 0.571. The number of halogens is 1. The van der Waals surface area contributed by atoms with Crippen molar-refractivity contribution in [2.45, 2.75) is 25.7 Å². The molecule has 2 N–H and O–H groups in total. The molecular weight excluding hydrogens is 344 g/mol. The van der Waals surface area contributed by atoms with Gasteiger partial charge in [-0.1, -0.05) is 35.0 Å². The largest absolute Gasteiger partial charge is 0.444 e. The summed E-state index contributed by atoms with van der Waals surface area (Å²) in [6.45, 7) is 2.01. The van der Waals surface area contributed by atoms with Gasteiger partial charge >= 0.3 is 0 Å². The van der Waals surface area contributed by atoms with E-state index in [1.807, 2.05) is 31.2 Å². The number of hydrogen-bond donors (Lipinski definition) is 1. The monoisotopic (exact) mass is 358 g/mol. The van der Waals surface area contributed by atoms with Crippen LogP contribution in [0.1, 0.15) is 31.2 Å². The van der Waals surface area contributed by atoms with E-state index in [4.69, 9.17) is 10.5 Å². The number of Topliss-reactive ketones (excluding diaryl/α,β-unsaturated/α-hetero) is 1. The highest BCUT2D eigenvalue weighted by molar-refractivity contribution is 9.10. The highest BCUT2D eigenvalue weighted by Gasteiger charge is 2.39. The predicted molar refractivity (Wildman–Crippen MR) is 85.2 cm³/mol. The van der Waals surface area contributed by atoms with E-state index in [1.54, 1.807) is 0 Å². The first kappa shape index (κ1) is 14.9. The molecule has 1 aliphatic carbocycles. The Balaban J connectivity index is 2.16. The number of allylic oxidation sites excluding steroid dienone is 3. The molecular formula is C17H15BrN2O2. The van der Waals surface area contributed by atoms with E-state index in [0.29, 0.717) is 29.7 Å². The van der Waals surface area contributed by atoms with Crippen LogP contribution in [0.5, 0.6) is 0 Å². The number of nitriles is 1. The molecule has 0 radical (unpaired) electrons. The van der Waals surface area contributed by atoms with Crippen LogP contribution in [0.3, 0.4) is 0 Å². The van der Waals surface area contributed by atoms with Gasteiger partial charge in [0, 0.05) is 22.9 Å². The Kier molecular flexibility index (Phi) is 3.79. The van der Waals surface area contributed by atoms with Gasteiger partial charge < -0.3 is 10.5 Å². The summed E-state index contributed by atoms with van der Waals surface area (Å²) in [6, 6.07) is 9.71. The zero-order valence-corrected chi connectivity index (χ0v) is 13.7. The molecule has 4 nitrogen and oxygen atoms in total. The summed E-state index contributed by atoms with van der Waals surface area (Å²) >= 11 is 3.40. The third kappa shape index (κ3) is 2.44. The molecule has 2 atom stereocenters. The fraction of sp³-hybridized carbons (Fsp3) is 0.294. The summed E-state index contributed by atoms with van der Waals surface area (Å²) in [7, 11) is 0. The van der Waals surface area contributed by atoms with Crippen molar-refractivity contribution in [2.75, 3.05) is 0 Å². The van der Waals surface area contributed by atoms with Crippen molar-refractivity contribution in [1.29, 1.82) is 5.26 Å². The van der Waals surface area contributed by atoms with Gasteiger partial charge in [0.05, 0.1) is 5.92 Å². The summed E-state index contributed by atoms with van der Waals surface area (Å²) in [5, 5.41) is 9.47. The number of nitrogens with two attached hydrogens (primary N) is 1. The Morgan fingerprint density at radius 3 is 2.64 bits per heavy atom. The van der Waals surface area contributed by atoms with Crippen molar-refractivity contribution in [2.24, 2.45) is 11.7 Å². The minimum absolute atomic E-state index is 0.0434. The van der Waals surface area contributed by atoms with Crippen LogP contribution in [0, 0.1) is 17.2 Å². The molecule has 22 heavy (non-hydrogen) atoms. The van der Waals surface area contributed by atoms with E-state index in [2.05, 4.69) is 22.0 Å². The van der Waals surface area contributed by atoms with Crippen molar-refractivity contribution in [3.8, 4) is 6.07 Å². The number of ketones is 1. The van der Waals surface area contributed by atoms with Gasteiger partial charge in [-0.05, 0) is 23.6 Å². The zero-order valence-electron chi connectivity index (χ0n) is 12.1. The van der Waals surface area contributed by atoms with Crippen molar-refractivity contribution in [3.63, 3.8) is 0 Å². The molecule has 0 spiro atoms. The number of hydrogen-bond acceptors (Lipinski definition) is 4. The Morgan fingerprint density at radius 2 is 2.00 bits per heavy atom. The van der Waals surface area contributed by atoms with Crippen LogP contribution in [0.2, 0.25) is 0 Å². The molecule has 3 rings (SSSR count). The average molecular weight is 359 g/mol. The zero-order chi connectivity index (χ0) is 15.9. The van der Waals surface area contributed by atoms with E-state index >= 15 is 0 Å². The molecule has 0 bridgehead atoms. The number of nitrogens with zero attached hydrogens (tertiary/aromatic N) is 1.